The van der Waals surface area contributed by atoms with Crippen LogP contribution < -0.4 is 5.48 Å². The van der Waals surface area contributed by atoms with E-state index >= 15 is 0 Å². The molecule has 0 aliphatic heterocycles. The molecule has 168 valence electrons. The zero-order valence-corrected chi connectivity index (χ0v) is 18.7. The summed E-state index contributed by atoms with van der Waals surface area (Å²) in [4.78, 5) is 9.12. The highest BCUT2D eigenvalue weighted by molar-refractivity contribution is 5.79. The van der Waals surface area contributed by atoms with Gasteiger partial charge in [0.1, 0.15) is 12.4 Å². The molecule has 0 amide bonds. The molecular formula is C27H28N4O2. The van der Waals surface area contributed by atoms with Crippen LogP contribution in [0.1, 0.15) is 29.4 Å². The highest BCUT2D eigenvalue weighted by atomic mass is 16.5. The van der Waals surface area contributed by atoms with E-state index in [9.17, 15) is 0 Å². The number of aryl methyl sites for hydroxylation is 2. The van der Waals surface area contributed by atoms with Gasteiger partial charge < -0.3 is 9.30 Å². The minimum absolute atomic E-state index is 0.430. The van der Waals surface area contributed by atoms with E-state index in [0.717, 1.165) is 41.0 Å². The number of benzene rings is 2. The fourth-order valence-corrected chi connectivity index (χ4v) is 3.67. The normalized spacial score (nSPS) is 12.0. The van der Waals surface area contributed by atoms with Crippen LogP contribution in [0.3, 0.4) is 0 Å². The number of nitrogens with zero attached hydrogens (tertiary/aromatic N) is 3. The maximum absolute atomic E-state index is 9.13. The largest absolute Gasteiger partial charge is 0.369 e. The maximum atomic E-state index is 9.13. The Morgan fingerprint density at radius 3 is 2.67 bits per heavy atom. The summed E-state index contributed by atoms with van der Waals surface area (Å²) in [6.07, 6.45) is 10.1. The molecular weight excluding hydrogens is 412 g/mol. The average molecular weight is 441 g/mol. The van der Waals surface area contributed by atoms with Crippen LogP contribution in [0.25, 0.3) is 17.1 Å². The van der Waals surface area contributed by atoms with Crippen LogP contribution in [0.15, 0.2) is 90.9 Å². The van der Waals surface area contributed by atoms with E-state index in [1.807, 2.05) is 49.5 Å². The Balaban J connectivity index is 1.58. The van der Waals surface area contributed by atoms with Gasteiger partial charge in [0.25, 0.3) is 0 Å². The first kappa shape index (κ1) is 22.5. The average Bonchev–Trinajstić information content (AvgIpc) is 3.21. The van der Waals surface area contributed by atoms with Gasteiger partial charge >= 0.3 is 0 Å². The third-order valence-electron chi connectivity index (χ3n) is 5.44. The number of allylic oxidation sites excluding steroid dienone is 2. The molecule has 2 heterocycles. The second-order valence-corrected chi connectivity index (χ2v) is 7.71. The van der Waals surface area contributed by atoms with Crippen molar-refractivity contribution in [2.75, 3.05) is 0 Å². The van der Waals surface area contributed by atoms with Gasteiger partial charge in [0.2, 0.25) is 0 Å². The molecule has 0 unspecified atom stereocenters. The molecule has 0 radical (unpaired) electrons. The van der Waals surface area contributed by atoms with Crippen LogP contribution >= 0.6 is 0 Å². The van der Waals surface area contributed by atoms with E-state index in [-0.39, 0.29) is 0 Å². The van der Waals surface area contributed by atoms with Crippen molar-refractivity contribution in [3.05, 3.63) is 113 Å². The first-order valence-corrected chi connectivity index (χ1v) is 11.0. The molecule has 0 atom stereocenters. The van der Waals surface area contributed by atoms with Crippen LogP contribution in [-0.2, 0) is 30.9 Å². The molecule has 2 aromatic heterocycles. The number of hydrogen-bond acceptors (Lipinski definition) is 5. The van der Waals surface area contributed by atoms with Crippen LogP contribution in [0.5, 0.6) is 0 Å². The standard InChI is InChI=1S/C27H28N4O2/c1-2-24(30-32)12-10-21-11-13-26-25(17-21)29-27(20-33-19-23-7-4-3-5-8-23)31(26)16-14-22-9-6-15-28-18-22/h2-13,15,17-18,30,32H,14,16,19-20H2,1H3/b12-10+,24-2-. The number of hydrogen-bond donors (Lipinski definition) is 2. The predicted octanol–water partition coefficient (Wildman–Crippen LogP) is 5.29. The molecule has 4 rings (SSSR count). The Morgan fingerprint density at radius 1 is 1.06 bits per heavy atom. The first-order valence-electron chi connectivity index (χ1n) is 11.0. The third-order valence-corrected chi connectivity index (χ3v) is 5.44. The molecule has 0 saturated heterocycles. The zero-order chi connectivity index (χ0) is 22.9. The molecule has 0 aliphatic carbocycles. The summed E-state index contributed by atoms with van der Waals surface area (Å²) in [6, 6.07) is 20.4. The fraction of sp³-hybridized carbons (Fsp3) is 0.185. The van der Waals surface area contributed by atoms with Crippen molar-refractivity contribution < 1.29 is 9.94 Å². The van der Waals surface area contributed by atoms with E-state index in [1.165, 1.54) is 5.56 Å². The summed E-state index contributed by atoms with van der Waals surface area (Å²) in [6.45, 7) is 3.62. The topological polar surface area (TPSA) is 72.2 Å². The van der Waals surface area contributed by atoms with Gasteiger partial charge in [0.15, 0.2) is 0 Å². The van der Waals surface area contributed by atoms with Gasteiger partial charge in [-0.05, 0) is 54.3 Å². The quantitative estimate of drug-likeness (QED) is 0.259. The molecule has 0 fully saturated rings. The summed E-state index contributed by atoms with van der Waals surface area (Å²) in [5, 5.41) is 9.13. The minimum Gasteiger partial charge on any atom is -0.369 e. The van der Waals surface area contributed by atoms with Crippen molar-refractivity contribution in [2.45, 2.75) is 33.1 Å². The molecule has 6 heteroatoms. The summed E-state index contributed by atoms with van der Waals surface area (Å²) < 4.78 is 8.24. The molecule has 2 aromatic carbocycles. The van der Waals surface area contributed by atoms with Crippen molar-refractivity contribution in [1.82, 2.24) is 20.0 Å². The molecule has 0 spiro atoms. The first-order chi connectivity index (χ1) is 16.3. The van der Waals surface area contributed by atoms with Crippen LogP contribution in [0, 0.1) is 0 Å². The van der Waals surface area contributed by atoms with Crippen molar-refractivity contribution in [3.8, 4) is 0 Å². The van der Waals surface area contributed by atoms with E-state index in [0.29, 0.717) is 18.9 Å². The Bertz CT molecular complexity index is 1230. The summed E-state index contributed by atoms with van der Waals surface area (Å²) in [7, 11) is 0. The van der Waals surface area contributed by atoms with E-state index in [2.05, 4.69) is 51.4 Å². The SMILES string of the molecule is C/C=C(/C=C/c1ccc2c(c1)nc(COCc1ccccc1)n2CCc1cccnc1)NO. The van der Waals surface area contributed by atoms with Gasteiger partial charge in [-0.25, -0.2) is 4.98 Å². The smallest absolute Gasteiger partial charge is 0.136 e. The van der Waals surface area contributed by atoms with Crippen molar-refractivity contribution in [1.29, 1.82) is 0 Å². The Morgan fingerprint density at radius 2 is 1.91 bits per heavy atom. The zero-order valence-electron chi connectivity index (χ0n) is 18.7. The highest BCUT2D eigenvalue weighted by Crippen LogP contribution is 2.21. The number of fused-ring (bicyclic) bond motifs is 1. The lowest BCUT2D eigenvalue weighted by Crippen LogP contribution is -2.08. The second kappa shape index (κ2) is 11.2. The lowest BCUT2D eigenvalue weighted by atomic mass is 10.1. The molecule has 6 nitrogen and oxygen atoms in total. The molecule has 4 aromatic rings. The third kappa shape index (κ3) is 5.94. The van der Waals surface area contributed by atoms with E-state index in [1.54, 1.807) is 12.3 Å². The minimum atomic E-state index is 0.430. The van der Waals surface area contributed by atoms with Crippen LogP contribution in [0.4, 0.5) is 0 Å². The van der Waals surface area contributed by atoms with Crippen LogP contribution in [0.2, 0.25) is 0 Å². The number of pyridine rings is 1. The monoisotopic (exact) mass is 440 g/mol. The molecule has 0 bridgehead atoms. The maximum Gasteiger partial charge on any atom is 0.136 e. The second-order valence-electron chi connectivity index (χ2n) is 7.71. The van der Waals surface area contributed by atoms with Gasteiger partial charge in [-0.3, -0.25) is 15.7 Å². The Kier molecular flexibility index (Phi) is 7.64. The number of hydroxylamine groups is 1. The van der Waals surface area contributed by atoms with Crippen molar-refractivity contribution in [3.63, 3.8) is 0 Å². The van der Waals surface area contributed by atoms with Gasteiger partial charge in [-0.15, -0.1) is 0 Å². The number of aromatic nitrogens is 3. The summed E-state index contributed by atoms with van der Waals surface area (Å²) in [5.74, 6) is 0.900. The predicted molar refractivity (Wildman–Crippen MR) is 130 cm³/mol. The summed E-state index contributed by atoms with van der Waals surface area (Å²) >= 11 is 0. The fourth-order valence-electron chi connectivity index (χ4n) is 3.67. The Hall–Kier alpha value is -3.74. The molecule has 2 N–H and O–H groups in total. The number of ether oxygens (including phenoxy) is 1. The molecule has 0 saturated carbocycles. The van der Waals surface area contributed by atoms with E-state index < -0.39 is 0 Å². The lowest BCUT2D eigenvalue weighted by molar-refractivity contribution is 0.0996. The lowest BCUT2D eigenvalue weighted by Gasteiger charge is -2.10. The number of imidazole rings is 1. The number of rotatable bonds is 10. The van der Waals surface area contributed by atoms with Crippen molar-refractivity contribution >= 4 is 17.1 Å². The van der Waals surface area contributed by atoms with Gasteiger partial charge in [0, 0.05) is 18.9 Å². The number of nitrogens with one attached hydrogen (secondary N) is 1. The highest BCUT2D eigenvalue weighted by Gasteiger charge is 2.12. The van der Waals surface area contributed by atoms with Crippen molar-refractivity contribution in [2.24, 2.45) is 0 Å². The van der Waals surface area contributed by atoms with E-state index in [4.69, 9.17) is 14.9 Å². The molecule has 33 heavy (non-hydrogen) atoms. The van der Waals surface area contributed by atoms with Crippen LogP contribution in [-0.4, -0.2) is 19.7 Å². The summed E-state index contributed by atoms with van der Waals surface area (Å²) in [5.41, 5.74) is 8.12. The van der Waals surface area contributed by atoms with Gasteiger partial charge in [0.05, 0.1) is 23.3 Å². The Labute approximate surface area is 193 Å². The van der Waals surface area contributed by atoms with Gasteiger partial charge in [-0.2, -0.15) is 0 Å². The molecule has 0 aliphatic rings. The van der Waals surface area contributed by atoms with Gasteiger partial charge in [-0.1, -0.05) is 54.6 Å².